The number of rotatable bonds is 2. The van der Waals surface area contributed by atoms with Crippen molar-refractivity contribution in [2.45, 2.75) is 6.92 Å². The number of carboxylic acids is 1. The largest absolute Gasteiger partial charge is 0.476 e. The van der Waals surface area contributed by atoms with Gasteiger partial charge >= 0.3 is 5.97 Å². The molecule has 0 amide bonds. The van der Waals surface area contributed by atoms with Crippen LogP contribution in [0.4, 0.5) is 4.39 Å². The van der Waals surface area contributed by atoms with Gasteiger partial charge in [0.25, 0.3) is 0 Å². The Bertz CT molecular complexity index is 551. The molecule has 16 heavy (non-hydrogen) atoms. The Labute approximate surface area is 90.1 Å². The van der Waals surface area contributed by atoms with Gasteiger partial charge in [-0.05, 0) is 24.6 Å². The molecule has 0 fully saturated rings. The van der Waals surface area contributed by atoms with Gasteiger partial charge in [-0.25, -0.2) is 13.9 Å². The first-order valence-electron chi connectivity index (χ1n) is 4.50. The fourth-order valence-electron chi connectivity index (χ4n) is 1.28. The summed E-state index contributed by atoms with van der Waals surface area (Å²) in [6, 6.07) is 4.48. The van der Waals surface area contributed by atoms with E-state index in [4.69, 9.17) is 5.11 Å². The van der Waals surface area contributed by atoms with Crippen LogP contribution in [-0.2, 0) is 0 Å². The second kappa shape index (κ2) is 3.73. The summed E-state index contributed by atoms with van der Waals surface area (Å²) in [5, 5.41) is 15.6. The molecule has 1 heterocycles. The van der Waals surface area contributed by atoms with E-state index in [1.54, 1.807) is 19.1 Å². The zero-order valence-corrected chi connectivity index (χ0v) is 8.38. The average molecular weight is 221 g/mol. The molecule has 0 spiro atoms. The van der Waals surface area contributed by atoms with Crippen molar-refractivity contribution in [3.05, 3.63) is 41.5 Å². The summed E-state index contributed by atoms with van der Waals surface area (Å²) in [6.45, 7) is 1.80. The van der Waals surface area contributed by atoms with Gasteiger partial charge in [-0.15, -0.1) is 5.10 Å². The molecule has 0 bridgehead atoms. The van der Waals surface area contributed by atoms with Crippen LogP contribution in [-0.4, -0.2) is 26.1 Å². The number of hydrogen-bond acceptors (Lipinski definition) is 3. The lowest BCUT2D eigenvalue weighted by atomic mass is 10.2. The first-order chi connectivity index (χ1) is 7.58. The SMILES string of the molecule is Cc1ccc(F)c(-n2cc(C(=O)O)nn2)c1. The van der Waals surface area contributed by atoms with Gasteiger partial charge in [-0.1, -0.05) is 11.3 Å². The molecule has 2 rings (SSSR count). The number of aryl methyl sites for hydroxylation is 1. The summed E-state index contributed by atoms with van der Waals surface area (Å²) in [5.41, 5.74) is 0.810. The summed E-state index contributed by atoms with van der Waals surface area (Å²) in [5.74, 6) is -1.67. The Balaban J connectivity index is 2.50. The normalized spacial score (nSPS) is 10.4. The van der Waals surface area contributed by atoms with Gasteiger partial charge in [0, 0.05) is 0 Å². The molecule has 6 heteroatoms. The Morgan fingerprint density at radius 2 is 2.25 bits per heavy atom. The van der Waals surface area contributed by atoms with Crippen LogP contribution in [0.3, 0.4) is 0 Å². The fourth-order valence-corrected chi connectivity index (χ4v) is 1.28. The molecular formula is C10H8FN3O2. The number of hydrogen-bond donors (Lipinski definition) is 1. The number of benzene rings is 1. The minimum Gasteiger partial charge on any atom is -0.476 e. The van der Waals surface area contributed by atoms with Crippen LogP contribution in [0.5, 0.6) is 0 Å². The van der Waals surface area contributed by atoms with E-state index in [1.807, 2.05) is 0 Å². The highest BCUT2D eigenvalue weighted by molar-refractivity contribution is 5.84. The van der Waals surface area contributed by atoms with E-state index in [0.717, 1.165) is 10.2 Å². The highest BCUT2D eigenvalue weighted by atomic mass is 19.1. The lowest BCUT2D eigenvalue weighted by Gasteiger charge is -2.02. The van der Waals surface area contributed by atoms with Crippen LogP contribution in [0.2, 0.25) is 0 Å². The topological polar surface area (TPSA) is 68.0 Å². The minimum absolute atomic E-state index is 0.181. The van der Waals surface area contributed by atoms with E-state index in [0.29, 0.717) is 0 Å². The monoisotopic (exact) mass is 221 g/mol. The molecule has 0 atom stereocenters. The zero-order chi connectivity index (χ0) is 11.7. The third kappa shape index (κ3) is 1.77. The molecule has 0 aliphatic carbocycles. The van der Waals surface area contributed by atoms with Gasteiger partial charge in [-0.2, -0.15) is 0 Å². The van der Waals surface area contributed by atoms with Gasteiger partial charge in [0.2, 0.25) is 0 Å². The van der Waals surface area contributed by atoms with Crippen LogP contribution in [0.1, 0.15) is 16.1 Å². The maximum Gasteiger partial charge on any atom is 0.358 e. The van der Waals surface area contributed by atoms with Crippen molar-refractivity contribution in [3.8, 4) is 5.69 Å². The summed E-state index contributed by atoms with van der Waals surface area (Å²) < 4.78 is 14.5. The van der Waals surface area contributed by atoms with Crippen molar-refractivity contribution >= 4 is 5.97 Å². The van der Waals surface area contributed by atoms with Gasteiger partial charge in [0.05, 0.1) is 6.20 Å². The Morgan fingerprint density at radius 3 is 2.88 bits per heavy atom. The minimum atomic E-state index is -1.20. The van der Waals surface area contributed by atoms with Crippen LogP contribution in [0.25, 0.3) is 5.69 Å². The van der Waals surface area contributed by atoms with Crippen molar-refractivity contribution < 1.29 is 14.3 Å². The van der Waals surface area contributed by atoms with Crippen molar-refractivity contribution in [1.82, 2.24) is 15.0 Å². The van der Waals surface area contributed by atoms with E-state index in [1.165, 1.54) is 12.3 Å². The van der Waals surface area contributed by atoms with Crippen LogP contribution < -0.4 is 0 Å². The molecule has 1 N–H and O–H groups in total. The van der Waals surface area contributed by atoms with Crippen LogP contribution in [0.15, 0.2) is 24.4 Å². The van der Waals surface area contributed by atoms with Gasteiger partial charge in [0.15, 0.2) is 5.69 Å². The van der Waals surface area contributed by atoms with E-state index in [9.17, 15) is 9.18 Å². The van der Waals surface area contributed by atoms with Gasteiger partial charge in [0.1, 0.15) is 11.5 Å². The van der Waals surface area contributed by atoms with Crippen molar-refractivity contribution in [2.75, 3.05) is 0 Å². The quantitative estimate of drug-likeness (QED) is 0.832. The number of nitrogens with zero attached hydrogens (tertiary/aromatic N) is 3. The molecular weight excluding hydrogens is 213 g/mol. The second-order valence-electron chi connectivity index (χ2n) is 3.31. The molecule has 0 aliphatic rings. The Hall–Kier alpha value is -2.24. The molecule has 0 aliphatic heterocycles. The van der Waals surface area contributed by atoms with Crippen molar-refractivity contribution in [1.29, 1.82) is 0 Å². The summed E-state index contributed by atoms with van der Waals surface area (Å²) in [4.78, 5) is 10.6. The molecule has 2 aromatic rings. The highest BCUT2D eigenvalue weighted by Crippen LogP contribution is 2.14. The predicted molar refractivity (Wildman–Crippen MR) is 53.0 cm³/mol. The maximum absolute atomic E-state index is 13.4. The van der Waals surface area contributed by atoms with Gasteiger partial charge < -0.3 is 5.11 Å². The van der Waals surface area contributed by atoms with Crippen LogP contribution >= 0.6 is 0 Å². The zero-order valence-electron chi connectivity index (χ0n) is 8.38. The van der Waals surface area contributed by atoms with E-state index < -0.39 is 11.8 Å². The Morgan fingerprint density at radius 1 is 1.50 bits per heavy atom. The molecule has 0 unspecified atom stereocenters. The van der Waals surface area contributed by atoms with E-state index >= 15 is 0 Å². The molecule has 0 saturated heterocycles. The molecule has 82 valence electrons. The summed E-state index contributed by atoms with van der Waals surface area (Å²) in [6.07, 6.45) is 1.17. The van der Waals surface area contributed by atoms with E-state index in [-0.39, 0.29) is 11.4 Å². The highest BCUT2D eigenvalue weighted by Gasteiger charge is 2.11. The van der Waals surface area contributed by atoms with E-state index in [2.05, 4.69) is 10.3 Å². The lowest BCUT2D eigenvalue weighted by Crippen LogP contribution is -1.99. The number of aromatic nitrogens is 3. The van der Waals surface area contributed by atoms with Crippen LogP contribution in [0, 0.1) is 12.7 Å². The molecule has 1 aromatic heterocycles. The average Bonchev–Trinajstić information content (AvgIpc) is 2.70. The van der Waals surface area contributed by atoms with Crippen molar-refractivity contribution in [3.63, 3.8) is 0 Å². The molecule has 0 saturated carbocycles. The first-order valence-corrected chi connectivity index (χ1v) is 4.50. The number of aromatic carboxylic acids is 1. The maximum atomic E-state index is 13.4. The molecule has 1 aromatic carbocycles. The fraction of sp³-hybridized carbons (Fsp3) is 0.100. The number of carboxylic acid groups (broad SMARTS) is 1. The lowest BCUT2D eigenvalue weighted by molar-refractivity contribution is 0.0690. The predicted octanol–water partition coefficient (Wildman–Crippen LogP) is 1.41. The number of halogens is 1. The first kappa shape index (κ1) is 10.3. The molecule has 0 radical (unpaired) electrons. The number of carbonyl (C=O) groups is 1. The second-order valence-corrected chi connectivity index (χ2v) is 3.31. The molecule has 5 nitrogen and oxygen atoms in total. The third-order valence-electron chi connectivity index (χ3n) is 2.06. The standard InChI is InChI=1S/C10H8FN3O2/c1-6-2-3-7(11)9(4-6)14-5-8(10(15)16)12-13-14/h2-5H,1H3,(H,15,16). The Kier molecular flexibility index (Phi) is 2.40. The third-order valence-corrected chi connectivity index (χ3v) is 2.06. The smallest absolute Gasteiger partial charge is 0.358 e. The summed E-state index contributed by atoms with van der Waals surface area (Å²) >= 11 is 0. The summed E-state index contributed by atoms with van der Waals surface area (Å²) in [7, 11) is 0. The van der Waals surface area contributed by atoms with Crippen molar-refractivity contribution in [2.24, 2.45) is 0 Å². The van der Waals surface area contributed by atoms with Gasteiger partial charge in [-0.3, -0.25) is 0 Å².